The largest absolute Gasteiger partial charge is 0.335 e. The molecule has 2 aromatic heterocycles. The summed E-state index contributed by atoms with van der Waals surface area (Å²) in [7, 11) is 0. The van der Waals surface area contributed by atoms with Crippen LogP contribution in [0.1, 0.15) is 26.3 Å². The fraction of sp³-hybridized carbons (Fsp3) is 0.240. The molecule has 35 heavy (non-hydrogen) atoms. The Kier molecular flexibility index (Phi) is 6.74. The molecule has 0 saturated heterocycles. The highest BCUT2D eigenvalue weighted by Gasteiger charge is 2.19. The van der Waals surface area contributed by atoms with Gasteiger partial charge < -0.3 is 11.2 Å². The van der Waals surface area contributed by atoms with Crippen LogP contribution in [0.2, 0.25) is 0 Å². The van der Waals surface area contributed by atoms with E-state index in [1.807, 2.05) is 82.3 Å². The first-order valence-electron chi connectivity index (χ1n) is 11.0. The number of imide groups is 1. The third-order valence-electron chi connectivity index (χ3n) is 5.04. The molecule has 0 aliphatic carbocycles. The molecule has 3 amide bonds. The molecule has 180 valence electrons. The molecule has 0 atom stereocenters. The average molecular weight is 490 g/mol. The lowest BCUT2D eigenvalue weighted by Gasteiger charge is -2.20. The maximum absolute atomic E-state index is 12.2. The summed E-state index contributed by atoms with van der Waals surface area (Å²) < 4.78 is 1.36. The minimum Gasteiger partial charge on any atom is -0.335 e. The van der Waals surface area contributed by atoms with E-state index in [1.54, 1.807) is 0 Å². The summed E-state index contributed by atoms with van der Waals surface area (Å²) in [5.74, 6) is 6.29. The number of hydrogen-bond donors (Lipinski definition) is 3. The molecule has 0 aliphatic rings. The number of nitrogens with zero attached hydrogens (tertiary/aromatic N) is 4. The van der Waals surface area contributed by atoms with Gasteiger partial charge in [-0.1, -0.05) is 59.8 Å². The number of thioether (sulfide) groups is 1. The van der Waals surface area contributed by atoms with E-state index in [-0.39, 0.29) is 5.75 Å². The Balaban J connectivity index is 1.59. The van der Waals surface area contributed by atoms with Crippen LogP contribution in [0.3, 0.4) is 0 Å². The fourth-order valence-electron chi connectivity index (χ4n) is 3.46. The molecular weight excluding hydrogens is 462 g/mol. The highest BCUT2D eigenvalue weighted by atomic mass is 32.2. The number of amides is 3. The molecule has 0 saturated carbocycles. The number of nitrogen functional groups attached to an aromatic ring is 1. The van der Waals surface area contributed by atoms with Crippen LogP contribution in [0.15, 0.2) is 59.8 Å². The number of aromatic nitrogens is 4. The van der Waals surface area contributed by atoms with Crippen LogP contribution in [0.5, 0.6) is 0 Å². The number of para-hydroxylation sites is 1. The van der Waals surface area contributed by atoms with Gasteiger partial charge in [0.25, 0.3) is 0 Å². The average Bonchev–Trinajstić information content (AvgIpc) is 3.16. The first-order valence-corrected chi connectivity index (χ1v) is 12.0. The summed E-state index contributed by atoms with van der Waals surface area (Å²) in [5.41, 5.74) is 4.07. The second-order valence-corrected chi connectivity index (χ2v) is 10.1. The van der Waals surface area contributed by atoms with Gasteiger partial charge in [-0.05, 0) is 39.8 Å². The van der Waals surface area contributed by atoms with Crippen LogP contribution >= 0.6 is 11.8 Å². The predicted molar refractivity (Wildman–Crippen MR) is 138 cm³/mol. The Bertz CT molecular complexity index is 1390. The number of pyridine rings is 1. The van der Waals surface area contributed by atoms with Crippen molar-refractivity contribution in [1.82, 2.24) is 30.5 Å². The van der Waals surface area contributed by atoms with E-state index in [0.717, 1.165) is 45.0 Å². The van der Waals surface area contributed by atoms with E-state index in [0.29, 0.717) is 11.0 Å². The van der Waals surface area contributed by atoms with Crippen LogP contribution < -0.4 is 16.5 Å². The van der Waals surface area contributed by atoms with Crippen molar-refractivity contribution in [3.63, 3.8) is 0 Å². The number of benzene rings is 2. The lowest BCUT2D eigenvalue weighted by Crippen LogP contribution is -2.48. The summed E-state index contributed by atoms with van der Waals surface area (Å²) in [5, 5.41) is 14.7. The Hall–Kier alpha value is -3.92. The van der Waals surface area contributed by atoms with Gasteiger partial charge >= 0.3 is 6.03 Å². The molecule has 0 spiro atoms. The molecule has 0 fully saturated rings. The van der Waals surface area contributed by atoms with E-state index >= 15 is 0 Å². The van der Waals surface area contributed by atoms with Gasteiger partial charge in [-0.3, -0.25) is 10.1 Å². The number of carbonyl (C=O) groups is 2. The van der Waals surface area contributed by atoms with Gasteiger partial charge in [0.05, 0.1) is 17.0 Å². The van der Waals surface area contributed by atoms with Crippen molar-refractivity contribution in [3.05, 3.63) is 60.2 Å². The predicted octanol–water partition coefficient (Wildman–Crippen LogP) is 3.90. The van der Waals surface area contributed by atoms with Crippen molar-refractivity contribution in [1.29, 1.82) is 0 Å². The molecule has 9 nitrogen and oxygen atoms in total. The van der Waals surface area contributed by atoms with Crippen LogP contribution in [0.25, 0.3) is 33.5 Å². The Labute approximate surface area is 207 Å². The number of hydrogen-bond acceptors (Lipinski definition) is 7. The quantitative estimate of drug-likeness (QED) is 0.286. The van der Waals surface area contributed by atoms with Gasteiger partial charge in [0.1, 0.15) is 0 Å². The molecule has 0 unspecified atom stereocenters. The van der Waals surface area contributed by atoms with Crippen molar-refractivity contribution in [2.24, 2.45) is 0 Å². The van der Waals surface area contributed by atoms with Crippen molar-refractivity contribution in [2.45, 2.75) is 38.4 Å². The minimum absolute atomic E-state index is 0.0431. The van der Waals surface area contributed by atoms with Gasteiger partial charge in [-0.2, -0.15) is 0 Å². The Morgan fingerprint density at radius 1 is 1.06 bits per heavy atom. The molecule has 2 heterocycles. The standard InChI is InChI=1S/C25H27N7O2S/c1-15-9-11-16(12-10-15)20-13-18(17-7-5-6-8-19(17)27-20)22-30-31-24(32(22)26)35-14-21(33)28-23(34)29-25(2,3)4/h5-13H,14,26H2,1-4H3,(H2,28,29,33,34). The third kappa shape index (κ3) is 5.78. The zero-order chi connectivity index (χ0) is 25.2. The van der Waals surface area contributed by atoms with E-state index in [2.05, 4.69) is 20.8 Å². The second-order valence-electron chi connectivity index (χ2n) is 9.16. The SMILES string of the molecule is Cc1ccc(-c2cc(-c3nnc(SCC(=O)NC(=O)NC(C)(C)C)n3N)c3ccccc3n2)cc1. The van der Waals surface area contributed by atoms with Gasteiger partial charge in [0.15, 0.2) is 5.82 Å². The van der Waals surface area contributed by atoms with Crippen molar-refractivity contribution in [3.8, 4) is 22.6 Å². The molecule has 2 aromatic carbocycles. The van der Waals surface area contributed by atoms with E-state index in [1.165, 1.54) is 4.68 Å². The summed E-state index contributed by atoms with van der Waals surface area (Å²) in [4.78, 5) is 28.9. The van der Waals surface area contributed by atoms with E-state index in [4.69, 9.17) is 10.8 Å². The fourth-order valence-corrected chi connectivity index (χ4v) is 4.11. The van der Waals surface area contributed by atoms with Gasteiger partial charge in [0, 0.05) is 22.1 Å². The molecule has 4 aromatic rings. The zero-order valence-electron chi connectivity index (χ0n) is 20.0. The van der Waals surface area contributed by atoms with Crippen molar-refractivity contribution < 1.29 is 9.59 Å². The van der Waals surface area contributed by atoms with E-state index in [9.17, 15) is 9.59 Å². The molecule has 0 radical (unpaired) electrons. The van der Waals surface area contributed by atoms with Crippen molar-refractivity contribution in [2.75, 3.05) is 11.6 Å². The van der Waals surface area contributed by atoms with Crippen LogP contribution in [0.4, 0.5) is 4.79 Å². The Morgan fingerprint density at radius 3 is 2.49 bits per heavy atom. The first kappa shape index (κ1) is 24.2. The summed E-state index contributed by atoms with van der Waals surface area (Å²) in [6.45, 7) is 7.53. The van der Waals surface area contributed by atoms with E-state index < -0.39 is 17.5 Å². The van der Waals surface area contributed by atoms with Gasteiger partial charge in [-0.25, -0.2) is 14.5 Å². The third-order valence-corrected chi connectivity index (χ3v) is 5.99. The Morgan fingerprint density at radius 2 is 1.77 bits per heavy atom. The first-order chi connectivity index (χ1) is 16.6. The molecule has 0 bridgehead atoms. The highest BCUT2D eigenvalue weighted by molar-refractivity contribution is 7.99. The lowest BCUT2D eigenvalue weighted by molar-refractivity contribution is -0.117. The summed E-state index contributed by atoms with van der Waals surface area (Å²) in [6.07, 6.45) is 0. The monoisotopic (exact) mass is 489 g/mol. The van der Waals surface area contributed by atoms with Crippen molar-refractivity contribution >= 4 is 34.6 Å². The number of aryl methyl sites for hydroxylation is 1. The second kappa shape index (κ2) is 9.75. The topological polar surface area (TPSA) is 128 Å². The molecule has 4 N–H and O–H groups in total. The number of nitrogens with one attached hydrogen (secondary N) is 2. The number of nitrogens with two attached hydrogens (primary N) is 1. The normalized spacial score (nSPS) is 11.4. The molecule has 0 aliphatic heterocycles. The van der Waals surface area contributed by atoms with Gasteiger partial charge in [-0.15, -0.1) is 10.2 Å². The maximum atomic E-state index is 12.2. The smallest absolute Gasteiger partial charge is 0.321 e. The lowest BCUT2D eigenvalue weighted by atomic mass is 10.0. The zero-order valence-corrected chi connectivity index (χ0v) is 20.8. The molecular formula is C25H27N7O2S. The maximum Gasteiger partial charge on any atom is 0.321 e. The molecule has 10 heteroatoms. The van der Waals surface area contributed by atoms with Crippen LogP contribution in [0, 0.1) is 6.92 Å². The van der Waals surface area contributed by atoms with Gasteiger partial charge in [0.2, 0.25) is 11.1 Å². The summed E-state index contributed by atoms with van der Waals surface area (Å²) in [6, 6.07) is 17.3. The van der Waals surface area contributed by atoms with Crippen LogP contribution in [-0.2, 0) is 4.79 Å². The molecule has 4 rings (SSSR count). The van der Waals surface area contributed by atoms with Crippen LogP contribution in [-0.4, -0.2) is 43.1 Å². The number of fused-ring (bicyclic) bond motifs is 1. The number of urea groups is 1. The highest BCUT2D eigenvalue weighted by Crippen LogP contribution is 2.32. The minimum atomic E-state index is -0.551. The summed E-state index contributed by atoms with van der Waals surface area (Å²) >= 11 is 1.09. The number of rotatable bonds is 5. The number of carbonyl (C=O) groups excluding carboxylic acids is 2.